The second-order valence-electron chi connectivity index (χ2n) is 5.81. The van der Waals surface area contributed by atoms with Crippen molar-refractivity contribution in [3.63, 3.8) is 0 Å². The van der Waals surface area contributed by atoms with E-state index in [1.807, 2.05) is 38.2 Å². The lowest BCUT2D eigenvalue weighted by atomic mass is 10.1. The monoisotopic (exact) mass is 275 g/mol. The van der Waals surface area contributed by atoms with E-state index in [0.717, 1.165) is 17.2 Å². The van der Waals surface area contributed by atoms with Crippen LogP contribution in [0.2, 0.25) is 0 Å². The van der Waals surface area contributed by atoms with Crippen LogP contribution in [-0.4, -0.2) is 29.9 Å². The molecule has 2 atom stereocenters. The van der Waals surface area contributed by atoms with Gasteiger partial charge < -0.3 is 11.1 Å². The summed E-state index contributed by atoms with van der Waals surface area (Å²) in [5, 5.41) is 2.97. The fourth-order valence-corrected chi connectivity index (χ4v) is 2.42. The van der Waals surface area contributed by atoms with Crippen molar-refractivity contribution in [2.75, 3.05) is 12.4 Å². The minimum absolute atomic E-state index is 0.0421. The Labute approximate surface area is 121 Å². The molecule has 2 rings (SSSR count). The smallest absolute Gasteiger partial charge is 0.241 e. The van der Waals surface area contributed by atoms with Gasteiger partial charge in [0.2, 0.25) is 5.91 Å². The molecule has 0 spiro atoms. The van der Waals surface area contributed by atoms with Crippen LogP contribution < -0.4 is 11.1 Å². The van der Waals surface area contributed by atoms with Crippen LogP contribution in [0.3, 0.4) is 0 Å². The van der Waals surface area contributed by atoms with Crippen LogP contribution in [0.4, 0.5) is 5.69 Å². The molecule has 1 aliphatic rings. The first kappa shape index (κ1) is 15.0. The van der Waals surface area contributed by atoms with Gasteiger partial charge in [0, 0.05) is 18.3 Å². The van der Waals surface area contributed by atoms with E-state index in [1.54, 1.807) is 0 Å². The number of likely N-dealkylation sites (N-methyl/N-ethyl adjacent to an activating group) is 1. The molecule has 1 aliphatic carbocycles. The van der Waals surface area contributed by atoms with Crippen LogP contribution in [0.15, 0.2) is 24.3 Å². The molecule has 0 radical (unpaired) electrons. The molecule has 1 amide bonds. The molecule has 0 bridgehead atoms. The average molecular weight is 275 g/mol. The standard InChI is InChI=1S/C16H25N3O/c1-11(14-6-7-14)19(3)12(2)16(20)18-15-8-4-13(10-17)5-9-15/h4-5,8-9,11-12,14H,6-7,10,17H2,1-3H3,(H,18,20). The molecule has 0 aromatic heterocycles. The third kappa shape index (κ3) is 3.58. The van der Waals surface area contributed by atoms with Crippen LogP contribution in [0.5, 0.6) is 0 Å². The number of carbonyl (C=O) groups is 1. The number of hydrogen-bond acceptors (Lipinski definition) is 3. The molecule has 0 aliphatic heterocycles. The number of anilines is 1. The fourth-order valence-electron chi connectivity index (χ4n) is 2.42. The van der Waals surface area contributed by atoms with E-state index in [4.69, 9.17) is 5.73 Å². The van der Waals surface area contributed by atoms with Gasteiger partial charge >= 0.3 is 0 Å². The topological polar surface area (TPSA) is 58.4 Å². The van der Waals surface area contributed by atoms with Crippen molar-refractivity contribution in [3.05, 3.63) is 29.8 Å². The number of amides is 1. The molecule has 4 heteroatoms. The number of nitrogens with one attached hydrogen (secondary N) is 1. The van der Waals surface area contributed by atoms with Gasteiger partial charge in [0.25, 0.3) is 0 Å². The highest BCUT2D eigenvalue weighted by molar-refractivity contribution is 5.94. The van der Waals surface area contributed by atoms with E-state index >= 15 is 0 Å². The zero-order chi connectivity index (χ0) is 14.7. The SMILES string of the molecule is CC(C(=O)Nc1ccc(CN)cc1)N(C)C(C)C1CC1. The van der Waals surface area contributed by atoms with Gasteiger partial charge in [-0.1, -0.05) is 12.1 Å². The summed E-state index contributed by atoms with van der Waals surface area (Å²) in [6, 6.07) is 8.03. The van der Waals surface area contributed by atoms with Crippen molar-refractivity contribution in [3.8, 4) is 0 Å². The van der Waals surface area contributed by atoms with Crippen LogP contribution in [-0.2, 0) is 11.3 Å². The second-order valence-corrected chi connectivity index (χ2v) is 5.81. The fraction of sp³-hybridized carbons (Fsp3) is 0.562. The van der Waals surface area contributed by atoms with E-state index in [0.29, 0.717) is 12.6 Å². The zero-order valence-corrected chi connectivity index (χ0v) is 12.6. The molecular weight excluding hydrogens is 250 g/mol. The van der Waals surface area contributed by atoms with Crippen molar-refractivity contribution in [2.24, 2.45) is 11.7 Å². The van der Waals surface area contributed by atoms with Crippen molar-refractivity contribution >= 4 is 11.6 Å². The Morgan fingerprint density at radius 1 is 1.35 bits per heavy atom. The largest absolute Gasteiger partial charge is 0.326 e. The molecule has 110 valence electrons. The van der Waals surface area contributed by atoms with Crippen LogP contribution >= 0.6 is 0 Å². The molecule has 3 N–H and O–H groups in total. The van der Waals surface area contributed by atoms with Gasteiger partial charge in [-0.25, -0.2) is 0 Å². The molecule has 1 aromatic rings. The molecule has 1 aromatic carbocycles. The number of rotatable bonds is 6. The molecule has 1 fully saturated rings. The Morgan fingerprint density at radius 3 is 2.45 bits per heavy atom. The summed E-state index contributed by atoms with van der Waals surface area (Å²) < 4.78 is 0. The molecule has 1 saturated carbocycles. The number of nitrogens with zero attached hydrogens (tertiary/aromatic N) is 1. The zero-order valence-electron chi connectivity index (χ0n) is 12.6. The van der Waals surface area contributed by atoms with Gasteiger partial charge in [-0.05, 0) is 57.4 Å². The van der Waals surface area contributed by atoms with Crippen molar-refractivity contribution in [1.29, 1.82) is 0 Å². The van der Waals surface area contributed by atoms with E-state index in [2.05, 4.69) is 17.1 Å². The van der Waals surface area contributed by atoms with Crippen LogP contribution in [0.25, 0.3) is 0 Å². The molecule has 0 heterocycles. The maximum Gasteiger partial charge on any atom is 0.241 e. The first-order chi connectivity index (χ1) is 9.52. The van der Waals surface area contributed by atoms with E-state index in [1.165, 1.54) is 12.8 Å². The minimum Gasteiger partial charge on any atom is -0.326 e. The minimum atomic E-state index is -0.125. The third-order valence-corrected chi connectivity index (χ3v) is 4.39. The van der Waals surface area contributed by atoms with Gasteiger partial charge in [0.1, 0.15) is 0 Å². The molecule has 4 nitrogen and oxygen atoms in total. The van der Waals surface area contributed by atoms with Crippen molar-refractivity contribution in [1.82, 2.24) is 4.90 Å². The summed E-state index contributed by atoms with van der Waals surface area (Å²) in [6.45, 7) is 4.69. The Bertz CT molecular complexity index is 453. The first-order valence-corrected chi connectivity index (χ1v) is 7.34. The highest BCUT2D eigenvalue weighted by Crippen LogP contribution is 2.35. The summed E-state index contributed by atoms with van der Waals surface area (Å²) in [6.07, 6.45) is 2.58. The van der Waals surface area contributed by atoms with Gasteiger partial charge in [-0.15, -0.1) is 0 Å². The summed E-state index contributed by atoms with van der Waals surface area (Å²) in [5.41, 5.74) is 7.45. The summed E-state index contributed by atoms with van der Waals surface area (Å²) in [5.74, 6) is 0.805. The highest BCUT2D eigenvalue weighted by atomic mass is 16.2. The van der Waals surface area contributed by atoms with Crippen LogP contribution in [0, 0.1) is 5.92 Å². The maximum absolute atomic E-state index is 12.3. The Morgan fingerprint density at radius 2 is 1.95 bits per heavy atom. The number of carbonyl (C=O) groups excluding carboxylic acids is 1. The van der Waals surface area contributed by atoms with E-state index < -0.39 is 0 Å². The normalized spacial score (nSPS) is 17.9. The lowest BCUT2D eigenvalue weighted by Crippen LogP contribution is -2.45. The summed E-state index contributed by atoms with van der Waals surface area (Å²) in [4.78, 5) is 14.4. The third-order valence-electron chi connectivity index (χ3n) is 4.39. The second kappa shape index (κ2) is 6.37. The van der Waals surface area contributed by atoms with E-state index in [-0.39, 0.29) is 11.9 Å². The van der Waals surface area contributed by atoms with Gasteiger partial charge in [0.15, 0.2) is 0 Å². The Hall–Kier alpha value is -1.39. The van der Waals surface area contributed by atoms with Gasteiger partial charge in [-0.3, -0.25) is 9.69 Å². The lowest BCUT2D eigenvalue weighted by molar-refractivity contribution is -0.121. The van der Waals surface area contributed by atoms with Gasteiger partial charge in [-0.2, -0.15) is 0 Å². The quantitative estimate of drug-likeness (QED) is 0.837. The number of nitrogens with two attached hydrogens (primary N) is 1. The van der Waals surface area contributed by atoms with Crippen molar-refractivity contribution < 1.29 is 4.79 Å². The van der Waals surface area contributed by atoms with Crippen LogP contribution in [0.1, 0.15) is 32.3 Å². The Kier molecular flexibility index (Phi) is 4.78. The summed E-state index contributed by atoms with van der Waals surface area (Å²) >= 11 is 0. The average Bonchev–Trinajstić information content (AvgIpc) is 3.30. The predicted octanol–water partition coefficient (Wildman–Crippen LogP) is 2.20. The highest BCUT2D eigenvalue weighted by Gasteiger charge is 2.33. The van der Waals surface area contributed by atoms with E-state index in [9.17, 15) is 4.79 Å². The number of hydrogen-bond donors (Lipinski definition) is 2. The van der Waals surface area contributed by atoms with Gasteiger partial charge in [0.05, 0.1) is 6.04 Å². The lowest BCUT2D eigenvalue weighted by Gasteiger charge is -2.30. The molecule has 20 heavy (non-hydrogen) atoms. The molecular formula is C16H25N3O. The summed E-state index contributed by atoms with van der Waals surface area (Å²) in [7, 11) is 2.03. The maximum atomic E-state index is 12.3. The number of benzene rings is 1. The first-order valence-electron chi connectivity index (χ1n) is 7.34. The Balaban J connectivity index is 1.92. The van der Waals surface area contributed by atoms with Crippen molar-refractivity contribution in [2.45, 2.75) is 45.3 Å². The molecule has 2 unspecified atom stereocenters. The predicted molar refractivity (Wildman–Crippen MR) is 82.4 cm³/mol. The molecule has 0 saturated heterocycles.